The lowest BCUT2D eigenvalue weighted by Crippen LogP contribution is -2.46. The second-order valence-corrected chi connectivity index (χ2v) is 12.7. The first-order chi connectivity index (χ1) is 21.4. The van der Waals surface area contributed by atoms with E-state index in [9.17, 15) is 14.7 Å². The Bertz CT molecular complexity index is 1310. The molecule has 3 aromatic carbocycles. The van der Waals surface area contributed by atoms with Crippen molar-refractivity contribution in [2.75, 3.05) is 45.8 Å². The van der Waals surface area contributed by atoms with Gasteiger partial charge in [0.2, 0.25) is 5.91 Å². The molecule has 2 aliphatic heterocycles. The van der Waals surface area contributed by atoms with Crippen molar-refractivity contribution in [1.29, 1.82) is 0 Å². The van der Waals surface area contributed by atoms with Gasteiger partial charge >= 0.3 is 6.03 Å². The van der Waals surface area contributed by atoms with Crippen LogP contribution in [0.5, 0.6) is 0 Å². The number of carbonyl (C=O) groups excluding carboxylic acids is 2. The van der Waals surface area contributed by atoms with Crippen LogP contribution in [0.2, 0.25) is 5.02 Å². The number of benzene rings is 3. The van der Waals surface area contributed by atoms with E-state index in [1.807, 2.05) is 41.3 Å². The molecule has 0 aromatic heterocycles. The molecule has 3 aromatic rings. The van der Waals surface area contributed by atoms with Gasteiger partial charge in [-0.15, -0.1) is 0 Å². The SMILES string of the molecule is O=C(NCCCN1CCCC1=O)NCC(CCCN1CCC(O)(c2ccc(Cl)cc2)CC1)(c1ccccc1)c1ccccc1. The second kappa shape index (κ2) is 15.1. The van der Waals surface area contributed by atoms with Gasteiger partial charge in [-0.2, -0.15) is 0 Å². The highest BCUT2D eigenvalue weighted by Gasteiger charge is 2.36. The van der Waals surface area contributed by atoms with Gasteiger partial charge < -0.3 is 25.5 Å². The molecule has 44 heavy (non-hydrogen) atoms. The third-order valence-electron chi connectivity index (χ3n) is 9.41. The number of hydrogen-bond acceptors (Lipinski definition) is 4. The average Bonchev–Trinajstić information content (AvgIpc) is 3.47. The van der Waals surface area contributed by atoms with Crippen molar-refractivity contribution in [2.45, 2.75) is 56.0 Å². The molecule has 3 N–H and O–H groups in total. The number of urea groups is 1. The topological polar surface area (TPSA) is 84.9 Å². The van der Waals surface area contributed by atoms with Crippen molar-refractivity contribution < 1.29 is 14.7 Å². The zero-order chi connectivity index (χ0) is 30.8. The number of hydrogen-bond donors (Lipinski definition) is 3. The minimum absolute atomic E-state index is 0.188. The van der Waals surface area contributed by atoms with E-state index in [4.69, 9.17) is 11.6 Å². The molecular weight excluding hydrogens is 572 g/mol. The minimum atomic E-state index is -0.819. The minimum Gasteiger partial charge on any atom is -0.385 e. The summed E-state index contributed by atoms with van der Waals surface area (Å²) in [6, 6.07) is 28.3. The van der Waals surface area contributed by atoms with Crippen LogP contribution in [0, 0.1) is 0 Å². The van der Waals surface area contributed by atoms with E-state index in [1.54, 1.807) is 0 Å². The summed E-state index contributed by atoms with van der Waals surface area (Å²) in [6.07, 6.45) is 5.47. The van der Waals surface area contributed by atoms with E-state index in [2.05, 4.69) is 64.1 Å². The van der Waals surface area contributed by atoms with Crippen molar-refractivity contribution in [3.8, 4) is 0 Å². The van der Waals surface area contributed by atoms with Crippen molar-refractivity contribution >= 4 is 23.5 Å². The third-order valence-corrected chi connectivity index (χ3v) is 9.66. The van der Waals surface area contributed by atoms with Crippen LogP contribution < -0.4 is 10.6 Å². The zero-order valence-corrected chi connectivity index (χ0v) is 26.3. The summed E-state index contributed by atoms with van der Waals surface area (Å²) in [6.45, 7) is 5.07. The van der Waals surface area contributed by atoms with Crippen molar-refractivity contribution in [1.82, 2.24) is 20.4 Å². The quantitative estimate of drug-likeness (QED) is 0.215. The van der Waals surface area contributed by atoms with Gasteiger partial charge in [0.1, 0.15) is 0 Å². The largest absolute Gasteiger partial charge is 0.385 e. The maximum Gasteiger partial charge on any atom is 0.314 e. The highest BCUT2D eigenvalue weighted by atomic mass is 35.5. The summed E-state index contributed by atoms with van der Waals surface area (Å²) in [5.41, 5.74) is 2.06. The predicted molar refractivity (Wildman–Crippen MR) is 176 cm³/mol. The fourth-order valence-electron chi connectivity index (χ4n) is 6.77. The second-order valence-electron chi connectivity index (χ2n) is 12.2. The molecule has 0 bridgehead atoms. The number of rotatable bonds is 13. The number of nitrogens with one attached hydrogen (secondary N) is 2. The maximum absolute atomic E-state index is 13.0. The molecule has 0 aliphatic carbocycles. The molecule has 2 aliphatic rings. The first-order valence-corrected chi connectivity index (χ1v) is 16.4. The molecule has 2 fully saturated rings. The normalized spacial score (nSPS) is 17.0. The summed E-state index contributed by atoms with van der Waals surface area (Å²) < 4.78 is 0. The molecule has 0 saturated carbocycles. The maximum atomic E-state index is 13.0. The summed E-state index contributed by atoms with van der Waals surface area (Å²) in [7, 11) is 0. The Hall–Kier alpha value is -3.39. The standard InChI is InChI=1S/C36H45ClN4O3/c37-32-17-15-31(16-18-32)36(44)20-26-40(27-21-36)23-8-19-35(29-10-3-1-4-11-29,30-12-5-2-6-13-30)28-39-34(43)38-22-9-25-41-24-7-14-33(41)42/h1-6,10-13,15-18,44H,7-9,14,19-28H2,(H2,38,39,43). The van der Waals surface area contributed by atoms with Gasteiger partial charge in [-0.1, -0.05) is 84.4 Å². The Kier molecular flexibility index (Phi) is 11.0. The third kappa shape index (κ3) is 8.00. The molecule has 0 radical (unpaired) electrons. The number of carbonyl (C=O) groups is 2. The average molecular weight is 617 g/mol. The van der Waals surface area contributed by atoms with Gasteiger partial charge in [-0.05, 0) is 73.9 Å². The first kappa shape index (κ1) is 32.0. The van der Waals surface area contributed by atoms with Crippen molar-refractivity contribution in [3.63, 3.8) is 0 Å². The Morgan fingerprint density at radius 2 is 1.48 bits per heavy atom. The molecule has 2 saturated heterocycles. The first-order valence-electron chi connectivity index (χ1n) is 16.0. The number of likely N-dealkylation sites (tertiary alicyclic amines) is 2. The van der Waals surface area contributed by atoms with Gasteiger partial charge in [0, 0.05) is 56.1 Å². The van der Waals surface area contributed by atoms with Gasteiger partial charge in [0.05, 0.1) is 5.60 Å². The van der Waals surface area contributed by atoms with E-state index in [1.165, 1.54) is 11.1 Å². The van der Waals surface area contributed by atoms with E-state index in [0.29, 0.717) is 43.9 Å². The van der Waals surface area contributed by atoms with Crippen LogP contribution in [0.4, 0.5) is 4.79 Å². The predicted octanol–water partition coefficient (Wildman–Crippen LogP) is 5.70. The molecule has 2 heterocycles. The zero-order valence-electron chi connectivity index (χ0n) is 25.5. The fraction of sp³-hybridized carbons (Fsp3) is 0.444. The molecule has 3 amide bonds. The lowest BCUT2D eigenvalue weighted by molar-refractivity contribution is -0.127. The summed E-state index contributed by atoms with van der Waals surface area (Å²) >= 11 is 6.07. The van der Waals surface area contributed by atoms with Gasteiger partial charge in [0.15, 0.2) is 0 Å². The van der Waals surface area contributed by atoms with Crippen LogP contribution in [-0.4, -0.2) is 72.7 Å². The van der Waals surface area contributed by atoms with Crippen LogP contribution >= 0.6 is 11.6 Å². The van der Waals surface area contributed by atoms with Gasteiger partial charge in [-0.3, -0.25) is 4.79 Å². The highest BCUT2D eigenvalue weighted by molar-refractivity contribution is 6.30. The molecule has 7 nitrogen and oxygen atoms in total. The Morgan fingerprint density at radius 1 is 0.841 bits per heavy atom. The van der Waals surface area contributed by atoms with E-state index >= 15 is 0 Å². The molecular formula is C36H45ClN4O3. The molecule has 0 atom stereocenters. The van der Waals surface area contributed by atoms with Gasteiger partial charge in [0.25, 0.3) is 0 Å². The highest BCUT2D eigenvalue weighted by Crippen LogP contribution is 2.38. The Labute approximate surface area is 266 Å². The van der Waals surface area contributed by atoms with Crippen LogP contribution in [0.15, 0.2) is 84.9 Å². The van der Waals surface area contributed by atoms with Crippen molar-refractivity contribution in [3.05, 3.63) is 107 Å². The lowest BCUT2D eigenvalue weighted by Gasteiger charge is -2.40. The number of amides is 3. The fourth-order valence-corrected chi connectivity index (χ4v) is 6.89. The van der Waals surface area contributed by atoms with E-state index in [-0.39, 0.29) is 11.9 Å². The number of halogens is 1. The Balaban J connectivity index is 1.21. The van der Waals surface area contributed by atoms with E-state index < -0.39 is 11.0 Å². The molecule has 8 heteroatoms. The summed E-state index contributed by atoms with van der Waals surface area (Å²) in [4.78, 5) is 29.2. The van der Waals surface area contributed by atoms with Crippen LogP contribution in [0.25, 0.3) is 0 Å². The van der Waals surface area contributed by atoms with Crippen LogP contribution in [0.1, 0.15) is 61.6 Å². The monoisotopic (exact) mass is 616 g/mol. The lowest BCUT2D eigenvalue weighted by atomic mass is 9.71. The van der Waals surface area contributed by atoms with Crippen molar-refractivity contribution in [2.24, 2.45) is 0 Å². The number of aliphatic hydroxyl groups is 1. The smallest absolute Gasteiger partial charge is 0.314 e. The van der Waals surface area contributed by atoms with Gasteiger partial charge in [-0.25, -0.2) is 4.79 Å². The summed E-state index contributed by atoms with van der Waals surface area (Å²) in [5.74, 6) is 0.215. The van der Waals surface area contributed by atoms with Crippen LogP contribution in [0.3, 0.4) is 0 Å². The molecule has 5 rings (SSSR count). The summed E-state index contributed by atoms with van der Waals surface area (Å²) in [5, 5.41) is 18.2. The van der Waals surface area contributed by atoms with E-state index in [0.717, 1.165) is 57.4 Å². The molecule has 234 valence electrons. The molecule has 0 unspecified atom stereocenters. The number of nitrogens with zero attached hydrogens (tertiary/aromatic N) is 2. The Morgan fingerprint density at radius 3 is 2.07 bits per heavy atom. The number of piperidine rings is 1. The molecule has 0 spiro atoms. The van der Waals surface area contributed by atoms with Crippen LogP contribution in [-0.2, 0) is 15.8 Å².